The Morgan fingerprint density at radius 1 is 0.481 bits per heavy atom. The summed E-state index contributed by atoms with van der Waals surface area (Å²) in [5.41, 5.74) is 7.79. The van der Waals surface area contributed by atoms with Gasteiger partial charge in [0.15, 0.2) is 0 Å². The van der Waals surface area contributed by atoms with Crippen LogP contribution in [0.1, 0.15) is 0 Å². The number of fused-ring (bicyclic) bond motifs is 4. The second-order valence-electron chi connectivity index (χ2n) is 7.14. The van der Waals surface area contributed by atoms with Crippen LogP contribution in [0.5, 0.6) is 0 Å². The molecule has 0 saturated carbocycles. The van der Waals surface area contributed by atoms with E-state index in [-0.39, 0.29) is 0 Å². The summed E-state index contributed by atoms with van der Waals surface area (Å²) in [6.07, 6.45) is 0. The molecule has 1 heteroatoms. The zero-order chi connectivity index (χ0) is 18.0. The topological polar surface area (TPSA) is 0 Å². The number of hydrogen-bond acceptors (Lipinski definition) is 0. The molecule has 0 atom stereocenters. The largest absolute Gasteiger partial charge is 0.0843 e. The average molecular weight is 363 g/mol. The molecule has 1 aliphatic carbocycles. The van der Waals surface area contributed by atoms with Gasteiger partial charge in [0.05, 0.1) is 0 Å². The van der Waals surface area contributed by atoms with Gasteiger partial charge >= 0.3 is 0 Å². The van der Waals surface area contributed by atoms with Gasteiger partial charge in [0.1, 0.15) is 0 Å². The van der Waals surface area contributed by atoms with Crippen molar-refractivity contribution in [3.8, 4) is 33.4 Å². The predicted octanol–water partition coefficient (Wildman–Crippen LogP) is 7.96. The van der Waals surface area contributed by atoms with Crippen molar-refractivity contribution < 1.29 is 0 Å². The van der Waals surface area contributed by atoms with Crippen LogP contribution in [0.4, 0.5) is 0 Å². The Balaban J connectivity index is 1.76. The molecule has 27 heavy (non-hydrogen) atoms. The average Bonchev–Trinajstić information content (AvgIpc) is 3.03. The first-order valence-corrected chi connectivity index (χ1v) is 9.53. The Morgan fingerprint density at radius 3 is 1.96 bits per heavy atom. The minimum Gasteiger partial charge on any atom is -0.0843 e. The standard InChI is InChI=1S/C26H15Cl/c27-20-11-8-16(9-12-20)21-13-10-17-6-3-7-22-23-14-18-4-1-2-5-19(18)15-24(23)26(21)25(17)22/h1-15H. The van der Waals surface area contributed by atoms with Gasteiger partial charge in [0.2, 0.25) is 0 Å². The minimum absolute atomic E-state index is 0.767. The molecule has 0 fully saturated rings. The molecule has 6 rings (SSSR count). The molecule has 0 bridgehead atoms. The fourth-order valence-corrected chi connectivity index (χ4v) is 4.55. The van der Waals surface area contributed by atoms with Gasteiger partial charge in [-0.25, -0.2) is 0 Å². The first-order valence-electron chi connectivity index (χ1n) is 9.15. The van der Waals surface area contributed by atoms with Crippen LogP contribution < -0.4 is 0 Å². The lowest BCUT2D eigenvalue weighted by molar-refractivity contribution is 1.64. The van der Waals surface area contributed by atoms with Crippen molar-refractivity contribution in [1.82, 2.24) is 0 Å². The lowest BCUT2D eigenvalue weighted by Gasteiger charge is -2.11. The summed E-state index contributed by atoms with van der Waals surface area (Å²) >= 11 is 6.12. The molecule has 5 aromatic carbocycles. The third-order valence-electron chi connectivity index (χ3n) is 5.65. The van der Waals surface area contributed by atoms with E-state index in [2.05, 4.69) is 78.9 Å². The molecule has 0 aliphatic heterocycles. The molecule has 0 aromatic heterocycles. The van der Waals surface area contributed by atoms with Crippen LogP contribution in [0.25, 0.3) is 54.9 Å². The van der Waals surface area contributed by atoms with Crippen molar-refractivity contribution in [3.05, 3.63) is 96.0 Å². The van der Waals surface area contributed by atoms with E-state index in [4.69, 9.17) is 11.6 Å². The summed E-state index contributed by atoms with van der Waals surface area (Å²) < 4.78 is 0. The fraction of sp³-hybridized carbons (Fsp3) is 0. The molecule has 5 aromatic rings. The SMILES string of the molecule is Clc1ccc(-c2ccc3cccc4c3c2-c2cc3ccccc3cc2-4)cc1. The summed E-state index contributed by atoms with van der Waals surface area (Å²) in [5.74, 6) is 0. The second-order valence-corrected chi connectivity index (χ2v) is 7.58. The van der Waals surface area contributed by atoms with Crippen molar-refractivity contribution in [1.29, 1.82) is 0 Å². The molecule has 0 N–H and O–H groups in total. The zero-order valence-corrected chi connectivity index (χ0v) is 15.3. The molecule has 0 unspecified atom stereocenters. The van der Waals surface area contributed by atoms with Crippen LogP contribution in [0, 0.1) is 0 Å². The Labute approximate surface area is 162 Å². The maximum atomic E-state index is 6.12. The number of hydrogen-bond donors (Lipinski definition) is 0. The highest BCUT2D eigenvalue weighted by atomic mass is 35.5. The third-order valence-corrected chi connectivity index (χ3v) is 5.90. The smallest absolute Gasteiger partial charge is 0.0406 e. The van der Waals surface area contributed by atoms with E-state index in [1.165, 1.54) is 54.9 Å². The number of benzene rings is 5. The second kappa shape index (κ2) is 5.45. The van der Waals surface area contributed by atoms with Gasteiger partial charge in [-0.1, -0.05) is 78.3 Å². The molecule has 1 aliphatic rings. The lowest BCUT2D eigenvalue weighted by atomic mass is 9.92. The predicted molar refractivity (Wildman–Crippen MR) is 116 cm³/mol. The Morgan fingerprint density at radius 2 is 1.19 bits per heavy atom. The maximum Gasteiger partial charge on any atom is 0.0406 e. The van der Waals surface area contributed by atoms with E-state index in [1.54, 1.807) is 0 Å². The van der Waals surface area contributed by atoms with Crippen molar-refractivity contribution in [2.24, 2.45) is 0 Å². The van der Waals surface area contributed by atoms with Gasteiger partial charge in [0.25, 0.3) is 0 Å². The van der Waals surface area contributed by atoms with Crippen molar-refractivity contribution in [2.75, 3.05) is 0 Å². The molecule has 0 spiro atoms. The van der Waals surface area contributed by atoms with Crippen LogP contribution in [0.3, 0.4) is 0 Å². The van der Waals surface area contributed by atoms with E-state index in [0.29, 0.717) is 0 Å². The minimum atomic E-state index is 0.767. The van der Waals surface area contributed by atoms with Gasteiger partial charge in [-0.15, -0.1) is 0 Å². The summed E-state index contributed by atoms with van der Waals surface area (Å²) in [6, 6.07) is 32.5. The first kappa shape index (κ1) is 15.0. The normalized spacial score (nSPS) is 11.9. The molecule has 0 nitrogen and oxygen atoms in total. The molecule has 0 saturated heterocycles. The molecule has 0 radical (unpaired) electrons. The van der Waals surface area contributed by atoms with Gasteiger partial charge in [-0.3, -0.25) is 0 Å². The molecular weight excluding hydrogens is 348 g/mol. The third kappa shape index (κ3) is 2.11. The lowest BCUT2D eigenvalue weighted by Crippen LogP contribution is -1.85. The van der Waals surface area contributed by atoms with Crippen LogP contribution in [0.2, 0.25) is 5.02 Å². The van der Waals surface area contributed by atoms with Crippen LogP contribution in [-0.4, -0.2) is 0 Å². The molecule has 126 valence electrons. The summed E-state index contributed by atoms with van der Waals surface area (Å²) in [4.78, 5) is 0. The van der Waals surface area contributed by atoms with Crippen LogP contribution >= 0.6 is 11.6 Å². The number of rotatable bonds is 1. The molecular formula is C26H15Cl. The highest BCUT2D eigenvalue weighted by Crippen LogP contribution is 2.52. The van der Waals surface area contributed by atoms with E-state index in [9.17, 15) is 0 Å². The maximum absolute atomic E-state index is 6.12. The van der Waals surface area contributed by atoms with E-state index < -0.39 is 0 Å². The first-order chi connectivity index (χ1) is 13.3. The zero-order valence-electron chi connectivity index (χ0n) is 14.5. The Hall–Kier alpha value is -3.09. The van der Waals surface area contributed by atoms with Crippen LogP contribution in [-0.2, 0) is 0 Å². The number of halogens is 1. The van der Waals surface area contributed by atoms with Crippen molar-refractivity contribution in [3.63, 3.8) is 0 Å². The van der Waals surface area contributed by atoms with Crippen LogP contribution in [0.15, 0.2) is 91.0 Å². The van der Waals surface area contributed by atoms with Gasteiger partial charge in [-0.05, 0) is 79.2 Å². The fourth-order valence-electron chi connectivity index (χ4n) is 4.42. The molecule has 0 amide bonds. The highest BCUT2D eigenvalue weighted by Gasteiger charge is 2.24. The van der Waals surface area contributed by atoms with E-state index in [0.717, 1.165) is 5.02 Å². The quantitative estimate of drug-likeness (QED) is 0.278. The van der Waals surface area contributed by atoms with Gasteiger partial charge < -0.3 is 0 Å². The summed E-state index contributed by atoms with van der Waals surface area (Å²) in [5, 5.41) is 5.98. The molecule has 0 heterocycles. The van der Waals surface area contributed by atoms with Gasteiger partial charge in [0, 0.05) is 5.02 Å². The Bertz CT molecular complexity index is 1360. The van der Waals surface area contributed by atoms with E-state index in [1.807, 2.05) is 12.1 Å². The Kier molecular flexibility index (Phi) is 3.03. The van der Waals surface area contributed by atoms with Gasteiger partial charge in [-0.2, -0.15) is 0 Å². The highest BCUT2D eigenvalue weighted by molar-refractivity contribution is 6.30. The van der Waals surface area contributed by atoms with Crippen molar-refractivity contribution in [2.45, 2.75) is 0 Å². The van der Waals surface area contributed by atoms with Crippen molar-refractivity contribution >= 4 is 33.1 Å². The summed E-state index contributed by atoms with van der Waals surface area (Å²) in [7, 11) is 0. The summed E-state index contributed by atoms with van der Waals surface area (Å²) in [6.45, 7) is 0. The monoisotopic (exact) mass is 362 g/mol. The van der Waals surface area contributed by atoms with E-state index >= 15 is 0 Å².